The predicted octanol–water partition coefficient (Wildman–Crippen LogP) is 2.02. The van der Waals surface area contributed by atoms with Gasteiger partial charge in [-0.2, -0.15) is 0 Å². The highest BCUT2D eigenvalue weighted by Gasteiger charge is 2.19. The SMILES string of the molecule is CC(C)C[C@H](N)C(=O)N(C)c1ccccc1. The maximum absolute atomic E-state index is 12.0. The van der Waals surface area contributed by atoms with Crippen LogP contribution in [0.2, 0.25) is 0 Å². The van der Waals surface area contributed by atoms with E-state index >= 15 is 0 Å². The van der Waals surface area contributed by atoms with Crippen LogP contribution in [0.4, 0.5) is 5.69 Å². The number of carbonyl (C=O) groups excluding carboxylic acids is 1. The third kappa shape index (κ3) is 3.35. The summed E-state index contributed by atoms with van der Waals surface area (Å²) in [6, 6.07) is 9.14. The Kier molecular flexibility index (Phi) is 4.50. The molecule has 0 saturated carbocycles. The first-order valence-corrected chi connectivity index (χ1v) is 5.60. The van der Waals surface area contributed by atoms with Crippen LogP contribution in [0.1, 0.15) is 20.3 Å². The molecule has 16 heavy (non-hydrogen) atoms. The summed E-state index contributed by atoms with van der Waals surface area (Å²) in [5, 5.41) is 0. The molecule has 0 aliphatic rings. The van der Waals surface area contributed by atoms with Crippen molar-refractivity contribution in [3.05, 3.63) is 30.3 Å². The van der Waals surface area contributed by atoms with Crippen molar-refractivity contribution < 1.29 is 4.79 Å². The minimum absolute atomic E-state index is 0.0279. The van der Waals surface area contributed by atoms with Gasteiger partial charge in [-0.25, -0.2) is 0 Å². The molecule has 0 spiro atoms. The first-order chi connectivity index (χ1) is 7.52. The number of carbonyl (C=O) groups is 1. The highest BCUT2D eigenvalue weighted by molar-refractivity contribution is 5.96. The van der Waals surface area contributed by atoms with Gasteiger partial charge in [0.2, 0.25) is 5.91 Å². The number of amides is 1. The van der Waals surface area contributed by atoms with Gasteiger partial charge < -0.3 is 10.6 Å². The van der Waals surface area contributed by atoms with E-state index < -0.39 is 6.04 Å². The first-order valence-electron chi connectivity index (χ1n) is 5.60. The molecule has 0 saturated heterocycles. The minimum Gasteiger partial charge on any atom is -0.320 e. The van der Waals surface area contributed by atoms with Gasteiger partial charge >= 0.3 is 0 Å². The number of para-hydroxylation sites is 1. The molecule has 2 N–H and O–H groups in total. The number of nitrogens with two attached hydrogens (primary N) is 1. The Morgan fingerprint density at radius 3 is 2.38 bits per heavy atom. The average molecular weight is 220 g/mol. The minimum atomic E-state index is -0.412. The van der Waals surface area contributed by atoms with Gasteiger partial charge in [-0.05, 0) is 24.5 Å². The zero-order valence-electron chi connectivity index (χ0n) is 10.2. The van der Waals surface area contributed by atoms with Gasteiger partial charge in [0.1, 0.15) is 0 Å². The molecule has 0 unspecified atom stereocenters. The Morgan fingerprint density at radius 1 is 1.31 bits per heavy atom. The van der Waals surface area contributed by atoms with Crippen molar-refractivity contribution in [3.63, 3.8) is 0 Å². The molecule has 1 amide bonds. The Morgan fingerprint density at radius 2 is 1.88 bits per heavy atom. The summed E-state index contributed by atoms with van der Waals surface area (Å²) >= 11 is 0. The monoisotopic (exact) mass is 220 g/mol. The van der Waals surface area contributed by atoms with E-state index in [1.807, 2.05) is 30.3 Å². The Hall–Kier alpha value is -1.35. The number of rotatable bonds is 4. The van der Waals surface area contributed by atoms with Crippen molar-refractivity contribution in [3.8, 4) is 0 Å². The van der Waals surface area contributed by atoms with Crippen LogP contribution in [-0.4, -0.2) is 19.0 Å². The van der Waals surface area contributed by atoms with Crippen LogP contribution in [0, 0.1) is 5.92 Å². The van der Waals surface area contributed by atoms with Gasteiger partial charge in [-0.3, -0.25) is 4.79 Å². The molecule has 0 fully saturated rings. The number of likely N-dealkylation sites (N-methyl/N-ethyl adjacent to an activating group) is 1. The highest BCUT2D eigenvalue weighted by atomic mass is 16.2. The molecular weight excluding hydrogens is 200 g/mol. The molecule has 0 aliphatic carbocycles. The Labute approximate surface area is 97.2 Å². The van der Waals surface area contributed by atoms with Crippen LogP contribution in [0.25, 0.3) is 0 Å². The lowest BCUT2D eigenvalue weighted by Crippen LogP contribution is -2.42. The number of hydrogen-bond donors (Lipinski definition) is 1. The quantitative estimate of drug-likeness (QED) is 0.843. The van der Waals surface area contributed by atoms with Crippen molar-refractivity contribution in [2.45, 2.75) is 26.3 Å². The highest BCUT2D eigenvalue weighted by Crippen LogP contribution is 2.13. The lowest BCUT2D eigenvalue weighted by Gasteiger charge is -2.22. The third-order valence-electron chi connectivity index (χ3n) is 2.52. The molecule has 0 aliphatic heterocycles. The summed E-state index contributed by atoms with van der Waals surface area (Å²) in [6.45, 7) is 4.13. The summed E-state index contributed by atoms with van der Waals surface area (Å²) in [4.78, 5) is 13.6. The van der Waals surface area contributed by atoms with Crippen LogP contribution in [-0.2, 0) is 4.79 Å². The van der Waals surface area contributed by atoms with E-state index in [1.54, 1.807) is 11.9 Å². The van der Waals surface area contributed by atoms with Gasteiger partial charge in [0.25, 0.3) is 0 Å². The molecular formula is C13H20N2O. The lowest BCUT2D eigenvalue weighted by atomic mass is 10.0. The van der Waals surface area contributed by atoms with Gasteiger partial charge in [0.05, 0.1) is 6.04 Å². The fourth-order valence-corrected chi connectivity index (χ4v) is 1.64. The van der Waals surface area contributed by atoms with Crippen molar-refractivity contribution >= 4 is 11.6 Å². The third-order valence-corrected chi connectivity index (χ3v) is 2.52. The van der Waals surface area contributed by atoms with E-state index in [4.69, 9.17) is 5.73 Å². The van der Waals surface area contributed by atoms with Crippen molar-refractivity contribution in [2.75, 3.05) is 11.9 Å². The van der Waals surface area contributed by atoms with Crippen molar-refractivity contribution in [1.82, 2.24) is 0 Å². The second-order valence-electron chi connectivity index (χ2n) is 4.47. The summed E-state index contributed by atoms with van der Waals surface area (Å²) in [5.74, 6) is 0.406. The molecule has 1 aromatic rings. The van der Waals surface area contributed by atoms with Gasteiger partial charge in [0, 0.05) is 12.7 Å². The Balaban J connectivity index is 2.67. The molecule has 1 rings (SSSR count). The first kappa shape index (κ1) is 12.7. The number of benzene rings is 1. The topological polar surface area (TPSA) is 46.3 Å². The van der Waals surface area contributed by atoms with E-state index in [0.717, 1.165) is 12.1 Å². The van der Waals surface area contributed by atoms with Gasteiger partial charge in [-0.15, -0.1) is 0 Å². The smallest absolute Gasteiger partial charge is 0.243 e. The molecule has 0 radical (unpaired) electrons. The van der Waals surface area contributed by atoms with Crippen LogP contribution in [0.3, 0.4) is 0 Å². The zero-order valence-corrected chi connectivity index (χ0v) is 10.2. The van der Waals surface area contributed by atoms with E-state index in [2.05, 4.69) is 13.8 Å². The van der Waals surface area contributed by atoms with Crippen LogP contribution in [0.5, 0.6) is 0 Å². The van der Waals surface area contributed by atoms with E-state index in [-0.39, 0.29) is 5.91 Å². The maximum Gasteiger partial charge on any atom is 0.243 e. The molecule has 0 heterocycles. The molecule has 3 nitrogen and oxygen atoms in total. The largest absolute Gasteiger partial charge is 0.320 e. The van der Waals surface area contributed by atoms with Gasteiger partial charge in [0.15, 0.2) is 0 Å². The van der Waals surface area contributed by atoms with E-state index in [0.29, 0.717) is 5.92 Å². The lowest BCUT2D eigenvalue weighted by molar-refractivity contribution is -0.119. The number of hydrogen-bond acceptors (Lipinski definition) is 2. The van der Waals surface area contributed by atoms with Crippen LogP contribution < -0.4 is 10.6 Å². The second-order valence-corrected chi connectivity index (χ2v) is 4.47. The standard InChI is InChI=1S/C13H20N2O/c1-10(2)9-12(14)13(16)15(3)11-7-5-4-6-8-11/h4-8,10,12H,9,14H2,1-3H3/t12-/m0/s1. The van der Waals surface area contributed by atoms with Crippen molar-refractivity contribution in [2.24, 2.45) is 11.7 Å². The predicted molar refractivity (Wildman–Crippen MR) is 67.3 cm³/mol. The van der Waals surface area contributed by atoms with Crippen LogP contribution in [0.15, 0.2) is 30.3 Å². The summed E-state index contributed by atoms with van der Waals surface area (Å²) < 4.78 is 0. The second kappa shape index (κ2) is 5.66. The van der Waals surface area contributed by atoms with Crippen LogP contribution >= 0.6 is 0 Å². The summed E-state index contributed by atoms with van der Waals surface area (Å²) in [5.41, 5.74) is 6.75. The molecule has 0 bridgehead atoms. The fraction of sp³-hybridized carbons (Fsp3) is 0.462. The molecule has 3 heteroatoms. The molecule has 1 aromatic carbocycles. The van der Waals surface area contributed by atoms with E-state index in [1.165, 1.54) is 0 Å². The average Bonchev–Trinajstić information content (AvgIpc) is 2.27. The molecule has 88 valence electrons. The fourth-order valence-electron chi connectivity index (χ4n) is 1.64. The summed E-state index contributed by atoms with van der Waals surface area (Å²) in [6.07, 6.45) is 0.718. The number of nitrogens with zero attached hydrogens (tertiary/aromatic N) is 1. The maximum atomic E-state index is 12.0. The molecule has 0 aromatic heterocycles. The molecule has 1 atom stereocenters. The van der Waals surface area contributed by atoms with E-state index in [9.17, 15) is 4.79 Å². The zero-order chi connectivity index (χ0) is 12.1. The normalized spacial score (nSPS) is 12.6. The van der Waals surface area contributed by atoms with Crippen molar-refractivity contribution in [1.29, 1.82) is 0 Å². The summed E-state index contributed by atoms with van der Waals surface area (Å²) in [7, 11) is 1.76. The van der Waals surface area contributed by atoms with Gasteiger partial charge in [-0.1, -0.05) is 32.0 Å². The number of anilines is 1. The Bertz CT molecular complexity index is 335.